The van der Waals surface area contributed by atoms with Crippen LogP contribution in [0.1, 0.15) is 18.9 Å². The van der Waals surface area contributed by atoms with Gasteiger partial charge in [0.2, 0.25) is 10.0 Å². The van der Waals surface area contributed by atoms with Crippen LogP contribution in [-0.4, -0.2) is 25.5 Å². The number of hydrogen-bond donors (Lipinski definition) is 2. The summed E-state index contributed by atoms with van der Waals surface area (Å²) in [5.41, 5.74) is -0.643. The topological polar surface area (TPSA) is 107 Å². The number of carboxylic acid groups (broad SMARTS) is 1. The maximum absolute atomic E-state index is 13.3. The molecule has 0 bridgehead atoms. The van der Waals surface area contributed by atoms with E-state index in [1.54, 1.807) is 0 Å². The Balaban J connectivity index is 3.26. The van der Waals surface area contributed by atoms with Crippen molar-refractivity contribution in [2.24, 2.45) is 0 Å². The van der Waals surface area contributed by atoms with Gasteiger partial charge >= 0.3 is 5.97 Å². The van der Waals surface area contributed by atoms with Crippen LogP contribution < -0.4 is 4.72 Å². The van der Waals surface area contributed by atoms with Crippen LogP contribution >= 0.6 is 0 Å². The van der Waals surface area contributed by atoms with Crippen LogP contribution in [0.4, 0.5) is 4.39 Å². The summed E-state index contributed by atoms with van der Waals surface area (Å²) in [6.45, 7) is 1.48. The third kappa shape index (κ3) is 3.27. The number of nitrogens with zero attached hydrogens (tertiary/aromatic N) is 1. The van der Waals surface area contributed by atoms with E-state index in [1.807, 2.05) is 4.72 Å². The Hall–Kier alpha value is -1.98. The number of carboxylic acids is 1. The highest BCUT2D eigenvalue weighted by atomic mass is 32.2. The van der Waals surface area contributed by atoms with E-state index in [-0.39, 0.29) is 6.42 Å². The van der Waals surface area contributed by atoms with Crippen molar-refractivity contribution in [1.29, 1.82) is 5.26 Å². The molecule has 1 atom stereocenters. The van der Waals surface area contributed by atoms with Crippen molar-refractivity contribution in [3.8, 4) is 6.07 Å². The van der Waals surface area contributed by atoms with Crippen molar-refractivity contribution in [2.75, 3.05) is 0 Å². The molecule has 0 aliphatic rings. The van der Waals surface area contributed by atoms with Gasteiger partial charge < -0.3 is 5.11 Å². The molecule has 0 radical (unpaired) electrons. The number of nitriles is 1. The Bertz CT molecular complexity index is 637. The van der Waals surface area contributed by atoms with Gasteiger partial charge in [0.25, 0.3) is 0 Å². The number of rotatable bonds is 5. The Labute approximate surface area is 109 Å². The summed E-state index contributed by atoms with van der Waals surface area (Å²) < 4.78 is 39.1. The molecule has 6 nitrogen and oxygen atoms in total. The van der Waals surface area contributed by atoms with Crippen LogP contribution in [0.15, 0.2) is 23.1 Å². The number of aliphatic carboxylic acids is 1. The normalized spacial score (nSPS) is 12.7. The van der Waals surface area contributed by atoms with Gasteiger partial charge in [-0.25, -0.2) is 12.8 Å². The fourth-order valence-corrected chi connectivity index (χ4v) is 2.83. The fourth-order valence-electron chi connectivity index (χ4n) is 1.40. The summed E-state index contributed by atoms with van der Waals surface area (Å²) >= 11 is 0. The summed E-state index contributed by atoms with van der Waals surface area (Å²) in [6.07, 6.45) is 0.0196. The van der Waals surface area contributed by atoms with E-state index < -0.39 is 38.3 Å². The van der Waals surface area contributed by atoms with Gasteiger partial charge in [-0.15, -0.1) is 0 Å². The van der Waals surface area contributed by atoms with E-state index in [9.17, 15) is 17.6 Å². The zero-order valence-corrected chi connectivity index (χ0v) is 10.7. The van der Waals surface area contributed by atoms with E-state index in [0.717, 1.165) is 18.2 Å². The first-order valence-corrected chi connectivity index (χ1v) is 6.75. The second-order valence-electron chi connectivity index (χ2n) is 3.65. The largest absolute Gasteiger partial charge is 0.480 e. The summed E-state index contributed by atoms with van der Waals surface area (Å²) in [5.74, 6) is -2.32. The molecule has 0 aromatic heterocycles. The summed E-state index contributed by atoms with van der Waals surface area (Å²) in [5, 5.41) is 17.6. The quantitative estimate of drug-likeness (QED) is 0.834. The summed E-state index contributed by atoms with van der Waals surface area (Å²) in [4.78, 5) is 10.2. The third-order valence-electron chi connectivity index (χ3n) is 2.38. The maximum atomic E-state index is 13.3. The molecule has 0 aliphatic heterocycles. The molecule has 1 aromatic carbocycles. The van der Waals surface area contributed by atoms with E-state index in [0.29, 0.717) is 0 Å². The molecule has 0 amide bonds. The highest BCUT2D eigenvalue weighted by molar-refractivity contribution is 7.89. The molecule has 0 unspecified atom stereocenters. The number of sulfonamides is 1. The number of carbonyl (C=O) groups is 1. The second kappa shape index (κ2) is 5.77. The summed E-state index contributed by atoms with van der Waals surface area (Å²) in [6, 6.07) is 3.24. The molecule has 0 saturated carbocycles. The standard InChI is InChI=1S/C11H11FN2O4S/c1-2-9(11(15)16)14-19(17,18)10-5-3-4-8(12)7(10)6-13/h3-5,9,14H,2H2,1H3,(H,15,16)/t9-/m1/s1. The molecule has 0 heterocycles. The minimum atomic E-state index is -4.28. The highest BCUT2D eigenvalue weighted by Crippen LogP contribution is 2.18. The van der Waals surface area contributed by atoms with Crippen LogP contribution in [0.25, 0.3) is 0 Å². The van der Waals surface area contributed by atoms with Gasteiger partial charge in [0.1, 0.15) is 28.4 Å². The molecule has 19 heavy (non-hydrogen) atoms. The van der Waals surface area contributed by atoms with Crippen molar-refractivity contribution < 1.29 is 22.7 Å². The monoisotopic (exact) mass is 286 g/mol. The molecule has 2 N–H and O–H groups in total. The highest BCUT2D eigenvalue weighted by Gasteiger charge is 2.27. The SMILES string of the molecule is CC[C@@H](NS(=O)(=O)c1cccc(F)c1C#N)C(=O)O. The average molecular weight is 286 g/mol. The lowest BCUT2D eigenvalue weighted by molar-refractivity contribution is -0.139. The Morgan fingerprint density at radius 2 is 2.21 bits per heavy atom. The maximum Gasteiger partial charge on any atom is 0.321 e. The van der Waals surface area contributed by atoms with E-state index in [2.05, 4.69) is 0 Å². The first-order valence-electron chi connectivity index (χ1n) is 5.27. The molecular weight excluding hydrogens is 275 g/mol. The molecule has 0 fully saturated rings. The van der Waals surface area contributed by atoms with Crippen molar-refractivity contribution in [3.63, 3.8) is 0 Å². The van der Waals surface area contributed by atoms with Gasteiger partial charge in [-0.2, -0.15) is 9.98 Å². The lowest BCUT2D eigenvalue weighted by Crippen LogP contribution is -2.40. The van der Waals surface area contributed by atoms with Crippen molar-refractivity contribution >= 4 is 16.0 Å². The lowest BCUT2D eigenvalue weighted by atomic mass is 10.2. The van der Waals surface area contributed by atoms with Crippen molar-refractivity contribution in [1.82, 2.24) is 4.72 Å². The number of hydrogen-bond acceptors (Lipinski definition) is 4. The van der Waals surface area contributed by atoms with Gasteiger partial charge in [0.05, 0.1) is 0 Å². The fraction of sp³-hybridized carbons (Fsp3) is 0.273. The number of nitrogens with one attached hydrogen (secondary N) is 1. The third-order valence-corrected chi connectivity index (χ3v) is 3.89. The average Bonchev–Trinajstić information content (AvgIpc) is 2.35. The Kier molecular flexibility index (Phi) is 4.58. The molecule has 1 aromatic rings. The van der Waals surface area contributed by atoms with E-state index >= 15 is 0 Å². The van der Waals surface area contributed by atoms with Crippen LogP contribution in [-0.2, 0) is 14.8 Å². The molecule has 1 rings (SSSR count). The van der Waals surface area contributed by atoms with Gasteiger partial charge in [0.15, 0.2) is 0 Å². The predicted molar refractivity (Wildman–Crippen MR) is 63.2 cm³/mol. The summed E-state index contributed by atoms with van der Waals surface area (Å²) in [7, 11) is -4.28. The van der Waals surface area contributed by atoms with Gasteiger partial charge in [-0.05, 0) is 18.6 Å². The van der Waals surface area contributed by atoms with Gasteiger partial charge in [-0.3, -0.25) is 4.79 Å². The number of benzene rings is 1. The zero-order valence-electron chi connectivity index (χ0n) is 9.92. The molecule has 8 heteroatoms. The van der Waals surface area contributed by atoms with Crippen LogP contribution in [0, 0.1) is 17.1 Å². The van der Waals surface area contributed by atoms with Gasteiger partial charge in [-0.1, -0.05) is 13.0 Å². The molecule has 0 spiro atoms. The predicted octanol–water partition coefficient (Wildman–Crippen LogP) is 0.839. The first-order chi connectivity index (χ1) is 8.83. The van der Waals surface area contributed by atoms with E-state index in [1.165, 1.54) is 13.0 Å². The van der Waals surface area contributed by atoms with Gasteiger partial charge in [0, 0.05) is 0 Å². The molecule has 0 saturated heterocycles. The minimum absolute atomic E-state index is 0.0196. The van der Waals surface area contributed by atoms with Crippen LogP contribution in [0.3, 0.4) is 0 Å². The smallest absolute Gasteiger partial charge is 0.321 e. The zero-order chi connectivity index (χ0) is 14.6. The second-order valence-corrected chi connectivity index (χ2v) is 5.33. The molecule has 0 aliphatic carbocycles. The lowest BCUT2D eigenvalue weighted by Gasteiger charge is -2.13. The Morgan fingerprint density at radius 1 is 1.58 bits per heavy atom. The number of halogens is 1. The molecular formula is C11H11FN2O4S. The van der Waals surface area contributed by atoms with Crippen LogP contribution in [0.2, 0.25) is 0 Å². The first kappa shape index (κ1) is 15.1. The Morgan fingerprint density at radius 3 is 2.68 bits per heavy atom. The molecule has 102 valence electrons. The van der Waals surface area contributed by atoms with Crippen molar-refractivity contribution in [2.45, 2.75) is 24.3 Å². The van der Waals surface area contributed by atoms with E-state index in [4.69, 9.17) is 10.4 Å². The minimum Gasteiger partial charge on any atom is -0.480 e. The van der Waals surface area contributed by atoms with Crippen molar-refractivity contribution in [3.05, 3.63) is 29.6 Å². The van der Waals surface area contributed by atoms with Crippen LogP contribution in [0.5, 0.6) is 0 Å².